The zero-order chi connectivity index (χ0) is 20.8. The molecule has 29 heavy (non-hydrogen) atoms. The van der Waals surface area contributed by atoms with Crippen LogP contribution >= 0.6 is 0 Å². The lowest BCUT2D eigenvalue weighted by atomic mass is 9.97. The molecule has 0 aliphatic carbocycles. The summed E-state index contributed by atoms with van der Waals surface area (Å²) in [6.45, 7) is 7.27. The van der Waals surface area contributed by atoms with E-state index in [1.165, 1.54) is 16.7 Å². The molecule has 0 spiro atoms. The molecule has 3 rings (SSSR count). The topological polar surface area (TPSA) is 49.4 Å². The largest absolute Gasteiger partial charge is 0.340 e. The van der Waals surface area contributed by atoms with Gasteiger partial charge in [-0.1, -0.05) is 69.3 Å². The number of amides is 2. The zero-order valence-corrected chi connectivity index (χ0v) is 17.5. The Bertz CT molecular complexity index is 869. The maximum absolute atomic E-state index is 13.1. The monoisotopic (exact) mass is 390 g/mol. The number of hydrogen-bond acceptors (Lipinski definition) is 2. The van der Waals surface area contributed by atoms with Crippen molar-refractivity contribution in [3.63, 3.8) is 0 Å². The molecule has 4 nitrogen and oxygen atoms in total. The van der Waals surface area contributed by atoms with E-state index in [9.17, 15) is 9.59 Å². The van der Waals surface area contributed by atoms with Gasteiger partial charge in [-0.05, 0) is 47.6 Å². The van der Waals surface area contributed by atoms with E-state index in [0.29, 0.717) is 18.7 Å². The van der Waals surface area contributed by atoms with Crippen molar-refractivity contribution in [3.8, 4) is 0 Å². The number of benzene rings is 2. The van der Waals surface area contributed by atoms with Gasteiger partial charge in [0, 0.05) is 18.7 Å². The summed E-state index contributed by atoms with van der Waals surface area (Å²) in [6.07, 6.45) is 3.88. The summed E-state index contributed by atoms with van der Waals surface area (Å²) in [5, 5.41) is 2.96. The lowest BCUT2D eigenvalue weighted by Crippen LogP contribution is -2.52. The van der Waals surface area contributed by atoms with Gasteiger partial charge in [0.25, 0.3) is 5.91 Å². The average molecular weight is 391 g/mol. The van der Waals surface area contributed by atoms with E-state index in [4.69, 9.17) is 0 Å². The molecule has 0 fully saturated rings. The number of carbonyl (C=O) groups excluding carboxylic acids is 2. The van der Waals surface area contributed by atoms with Crippen molar-refractivity contribution in [1.82, 2.24) is 10.2 Å². The van der Waals surface area contributed by atoms with Crippen LogP contribution in [0.15, 0.2) is 60.7 Å². The zero-order valence-electron chi connectivity index (χ0n) is 17.5. The van der Waals surface area contributed by atoms with Gasteiger partial charge in [0.1, 0.15) is 6.04 Å². The Balaban J connectivity index is 1.66. The van der Waals surface area contributed by atoms with E-state index < -0.39 is 6.04 Å². The Morgan fingerprint density at radius 1 is 1.03 bits per heavy atom. The van der Waals surface area contributed by atoms with Crippen LogP contribution in [-0.4, -0.2) is 35.8 Å². The van der Waals surface area contributed by atoms with Gasteiger partial charge in [-0.15, -0.1) is 0 Å². The van der Waals surface area contributed by atoms with Crippen LogP contribution in [0.3, 0.4) is 0 Å². The molecule has 1 N–H and O–H groups in total. The Morgan fingerprint density at radius 2 is 1.72 bits per heavy atom. The molecule has 1 atom stereocenters. The minimum Gasteiger partial charge on any atom is -0.340 e. The second-order valence-electron chi connectivity index (χ2n) is 7.88. The van der Waals surface area contributed by atoms with E-state index in [1.54, 1.807) is 0 Å². The third-order valence-electron chi connectivity index (χ3n) is 5.51. The van der Waals surface area contributed by atoms with Gasteiger partial charge in [0.05, 0.1) is 0 Å². The smallest absolute Gasteiger partial charge is 0.251 e. The van der Waals surface area contributed by atoms with Crippen molar-refractivity contribution in [2.45, 2.75) is 39.7 Å². The highest BCUT2D eigenvalue weighted by molar-refractivity contribution is 5.97. The van der Waals surface area contributed by atoms with Crippen LogP contribution in [-0.2, 0) is 11.2 Å². The first-order chi connectivity index (χ1) is 14.0. The molecule has 152 valence electrons. The Hall–Kier alpha value is -2.88. The molecule has 2 aromatic carbocycles. The fourth-order valence-electron chi connectivity index (χ4n) is 3.61. The highest BCUT2D eigenvalue weighted by Crippen LogP contribution is 2.23. The van der Waals surface area contributed by atoms with Gasteiger partial charge >= 0.3 is 0 Å². The summed E-state index contributed by atoms with van der Waals surface area (Å²) in [6, 6.07) is 17.3. The standard InChI is InChI=1S/C25H30N2O2/c1-4-19-10-12-22(13-11-19)24(28)26-23(18(2)3)25(29)27-16-14-21(15-17-27)20-8-6-5-7-9-20/h5-14,18,23H,4,15-17H2,1-3H3,(H,26,28). The first-order valence-corrected chi connectivity index (χ1v) is 10.4. The van der Waals surface area contributed by atoms with Crippen LogP contribution in [0.2, 0.25) is 0 Å². The molecular formula is C25H30N2O2. The first-order valence-electron chi connectivity index (χ1n) is 10.4. The number of carbonyl (C=O) groups is 2. The highest BCUT2D eigenvalue weighted by Gasteiger charge is 2.29. The predicted molar refractivity (Wildman–Crippen MR) is 118 cm³/mol. The molecule has 1 aliphatic rings. The van der Waals surface area contributed by atoms with Gasteiger partial charge in [-0.25, -0.2) is 0 Å². The van der Waals surface area contributed by atoms with Crippen molar-refractivity contribution >= 4 is 17.4 Å². The van der Waals surface area contributed by atoms with Gasteiger partial charge in [0.15, 0.2) is 0 Å². The molecule has 1 aliphatic heterocycles. The third kappa shape index (κ3) is 5.14. The summed E-state index contributed by atoms with van der Waals surface area (Å²) < 4.78 is 0. The van der Waals surface area contributed by atoms with Crippen LogP contribution in [0.4, 0.5) is 0 Å². The number of nitrogens with zero attached hydrogens (tertiary/aromatic N) is 1. The van der Waals surface area contributed by atoms with E-state index >= 15 is 0 Å². The summed E-state index contributed by atoms with van der Waals surface area (Å²) >= 11 is 0. The molecule has 2 aromatic rings. The minimum atomic E-state index is -0.528. The fourth-order valence-corrected chi connectivity index (χ4v) is 3.61. The fraction of sp³-hybridized carbons (Fsp3) is 0.360. The number of aryl methyl sites for hydroxylation is 1. The molecule has 2 amide bonds. The van der Waals surface area contributed by atoms with Gasteiger partial charge in [-0.2, -0.15) is 0 Å². The van der Waals surface area contributed by atoms with Gasteiger partial charge in [-0.3, -0.25) is 9.59 Å². The molecule has 1 unspecified atom stereocenters. The summed E-state index contributed by atoms with van der Waals surface area (Å²) in [5.74, 6) is -0.194. The summed E-state index contributed by atoms with van der Waals surface area (Å²) in [4.78, 5) is 27.7. The summed E-state index contributed by atoms with van der Waals surface area (Å²) in [5.41, 5.74) is 4.26. The Kier molecular flexibility index (Phi) is 6.86. The first kappa shape index (κ1) is 20.8. The highest BCUT2D eigenvalue weighted by atomic mass is 16.2. The predicted octanol–water partition coefficient (Wildman–Crippen LogP) is 4.32. The second-order valence-corrected chi connectivity index (χ2v) is 7.88. The third-order valence-corrected chi connectivity index (χ3v) is 5.51. The SMILES string of the molecule is CCc1ccc(C(=O)NC(C(=O)N2CC=C(c3ccccc3)CC2)C(C)C)cc1. The lowest BCUT2D eigenvalue weighted by molar-refractivity contribution is -0.133. The van der Waals surface area contributed by atoms with Gasteiger partial charge in [0.2, 0.25) is 5.91 Å². The molecule has 0 bridgehead atoms. The maximum atomic E-state index is 13.1. The van der Waals surface area contributed by atoms with E-state index in [-0.39, 0.29) is 17.7 Å². The molecule has 0 radical (unpaired) electrons. The quantitative estimate of drug-likeness (QED) is 0.799. The van der Waals surface area contributed by atoms with Crippen molar-refractivity contribution in [3.05, 3.63) is 77.4 Å². The minimum absolute atomic E-state index is 0.0121. The van der Waals surface area contributed by atoms with Crippen molar-refractivity contribution in [1.29, 1.82) is 0 Å². The van der Waals surface area contributed by atoms with Crippen LogP contribution in [0, 0.1) is 5.92 Å². The molecule has 0 saturated heterocycles. The number of rotatable bonds is 6. The molecule has 1 heterocycles. The average Bonchev–Trinajstić information content (AvgIpc) is 2.77. The van der Waals surface area contributed by atoms with Crippen LogP contribution in [0.25, 0.3) is 5.57 Å². The van der Waals surface area contributed by atoms with E-state index in [1.807, 2.05) is 61.2 Å². The Morgan fingerprint density at radius 3 is 2.28 bits per heavy atom. The number of nitrogens with one attached hydrogen (secondary N) is 1. The molecular weight excluding hydrogens is 360 g/mol. The van der Waals surface area contributed by atoms with Crippen LogP contribution in [0.1, 0.15) is 48.7 Å². The molecule has 0 saturated carbocycles. The van der Waals surface area contributed by atoms with Crippen molar-refractivity contribution in [2.24, 2.45) is 5.92 Å². The van der Waals surface area contributed by atoms with Crippen LogP contribution < -0.4 is 5.32 Å². The lowest BCUT2D eigenvalue weighted by Gasteiger charge is -2.32. The summed E-state index contributed by atoms with van der Waals surface area (Å²) in [7, 11) is 0. The number of hydrogen-bond donors (Lipinski definition) is 1. The van der Waals surface area contributed by atoms with Crippen molar-refractivity contribution in [2.75, 3.05) is 13.1 Å². The maximum Gasteiger partial charge on any atom is 0.251 e. The van der Waals surface area contributed by atoms with Gasteiger partial charge < -0.3 is 10.2 Å². The molecule has 4 heteroatoms. The second kappa shape index (κ2) is 9.55. The van der Waals surface area contributed by atoms with Crippen molar-refractivity contribution < 1.29 is 9.59 Å². The Labute approximate surface area is 173 Å². The van der Waals surface area contributed by atoms with Crippen LogP contribution in [0.5, 0.6) is 0 Å². The van der Waals surface area contributed by atoms with E-state index in [0.717, 1.165) is 12.8 Å². The molecule has 0 aromatic heterocycles. The van der Waals surface area contributed by atoms with E-state index in [2.05, 4.69) is 30.4 Å². The normalized spacial score (nSPS) is 15.0.